The van der Waals surface area contributed by atoms with Crippen LogP contribution in [0.25, 0.3) is 11.0 Å². The number of carbonyl (C=O) groups excluding carboxylic acids is 1. The van der Waals surface area contributed by atoms with Gasteiger partial charge in [-0.05, 0) is 42.8 Å². The highest BCUT2D eigenvalue weighted by molar-refractivity contribution is 5.94. The van der Waals surface area contributed by atoms with E-state index in [1.54, 1.807) is 31.4 Å². The summed E-state index contributed by atoms with van der Waals surface area (Å²) in [6.07, 6.45) is 8.93. The molecule has 3 rings (SSSR count). The van der Waals surface area contributed by atoms with Crippen molar-refractivity contribution in [2.75, 3.05) is 7.11 Å². The lowest BCUT2D eigenvalue weighted by Crippen LogP contribution is -2.24. The molecule has 3 aromatic rings. The van der Waals surface area contributed by atoms with Gasteiger partial charge < -0.3 is 14.6 Å². The number of fused-ring (bicyclic) bond motifs is 1. The van der Waals surface area contributed by atoms with Crippen LogP contribution in [0.15, 0.2) is 48.5 Å². The Balaban J connectivity index is 1.61. The first-order valence-corrected chi connectivity index (χ1v) is 11.1. The number of benzene rings is 2. The number of nitrogens with zero attached hydrogens (tertiary/aromatic N) is 2. The van der Waals surface area contributed by atoms with Gasteiger partial charge in [0.15, 0.2) is 0 Å². The Bertz CT molecular complexity index is 931. The minimum absolute atomic E-state index is 0.104. The molecule has 0 unspecified atom stereocenters. The number of nitrogens with one attached hydrogen (secondary N) is 1. The van der Waals surface area contributed by atoms with Gasteiger partial charge in [-0.1, -0.05) is 57.6 Å². The molecule has 0 fully saturated rings. The van der Waals surface area contributed by atoms with Crippen molar-refractivity contribution >= 4 is 16.9 Å². The number of hydrogen-bond donors (Lipinski definition) is 1. The maximum absolute atomic E-state index is 12.5. The first-order valence-electron chi connectivity index (χ1n) is 11.1. The van der Waals surface area contributed by atoms with Gasteiger partial charge in [0, 0.05) is 12.1 Å². The minimum atomic E-state index is -0.104. The first kappa shape index (κ1) is 21.9. The first-order chi connectivity index (χ1) is 14.7. The molecular formula is C25H33N3O2. The highest BCUT2D eigenvalue weighted by Gasteiger charge is 2.12. The van der Waals surface area contributed by atoms with Gasteiger partial charge in [0.1, 0.15) is 11.6 Å². The highest BCUT2D eigenvalue weighted by Crippen LogP contribution is 2.18. The van der Waals surface area contributed by atoms with Crippen molar-refractivity contribution in [1.82, 2.24) is 14.9 Å². The number of methoxy groups -OCH3 is 1. The van der Waals surface area contributed by atoms with Crippen LogP contribution in [-0.2, 0) is 13.1 Å². The van der Waals surface area contributed by atoms with Gasteiger partial charge in [-0.15, -0.1) is 0 Å². The lowest BCUT2D eigenvalue weighted by molar-refractivity contribution is 0.0949. The van der Waals surface area contributed by atoms with Gasteiger partial charge in [0.2, 0.25) is 0 Å². The highest BCUT2D eigenvalue weighted by atomic mass is 16.5. The molecule has 0 aliphatic carbocycles. The van der Waals surface area contributed by atoms with Crippen LogP contribution >= 0.6 is 0 Å². The minimum Gasteiger partial charge on any atom is -0.497 e. The number of aryl methyl sites for hydroxylation is 1. The quantitative estimate of drug-likeness (QED) is 0.390. The summed E-state index contributed by atoms with van der Waals surface area (Å²) < 4.78 is 7.42. The number of carbonyl (C=O) groups is 1. The Labute approximate surface area is 179 Å². The topological polar surface area (TPSA) is 56.2 Å². The predicted molar refractivity (Wildman–Crippen MR) is 122 cm³/mol. The van der Waals surface area contributed by atoms with Crippen molar-refractivity contribution in [2.24, 2.45) is 0 Å². The molecule has 0 aliphatic heterocycles. The average Bonchev–Trinajstić information content (AvgIpc) is 3.14. The summed E-state index contributed by atoms with van der Waals surface area (Å²) >= 11 is 0. The molecule has 5 nitrogen and oxygen atoms in total. The van der Waals surface area contributed by atoms with E-state index in [2.05, 4.69) is 22.9 Å². The number of para-hydroxylation sites is 2. The van der Waals surface area contributed by atoms with Crippen LogP contribution in [0, 0.1) is 0 Å². The average molecular weight is 408 g/mol. The van der Waals surface area contributed by atoms with Crippen LogP contribution in [0.4, 0.5) is 0 Å². The molecule has 30 heavy (non-hydrogen) atoms. The maximum Gasteiger partial charge on any atom is 0.251 e. The summed E-state index contributed by atoms with van der Waals surface area (Å²) in [5.74, 6) is 1.54. The van der Waals surface area contributed by atoms with Crippen LogP contribution in [0.5, 0.6) is 5.75 Å². The second kappa shape index (κ2) is 11.4. The Kier molecular flexibility index (Phi) is 8.30. The fraction of sp³-hybridized carbons (Fsp3) is 0.440. The van der Waals surface area contributed by atoms with Gasteiger partial charge in [-0.2, -0.15) is 0 Å². The third-order valence-corrected chi connectivity index (χ3v) is 5.48. The van der Waals surface area contributed by atoms with Crippen molar-refractivity contribution in [3.63, 3.8) is 0 Å². The molecule has 1 aromatic heterocycles. The number of imidazole rings is 1. The van der Waals surface area contributed by atoms with E-state index in [1.807, 2.05) is 18.2 Å². The zero-order valence-electron chi connectivity index (χ0n) is 18.2. The SMILES string of the molecule is CCCCCCCCCn1c(CNC(=O)c2ccc(OC)cc2)nc2ccccc21. The molecule has 0 saturated heterocycles. The molecule has 1 heterocycles. The standard InChI is InChI=1S/C25H33N3O2/c1-3-4-5-6-7-8-11-18-28-23-13-10-9-12-22(23)27-24(28)19-26-25(29)20-14-16-21(30-2)17-15-20/h9-10,12-17H,3-8,11,18-19H2,1-2H3,(H,26,29). The van der Waals surface area contributed by atoms with Gasteiger partial charge in [-0.3, -0.25) is 4.79 Å². The summed E-state index contributed by atoms with van der Waals surface area (Å²) in [5.41, 5.74) is 2.73. The maximum atomic E-state index is 12.5. The van der Waals surface area contributed by atoms with Gasteiger partial charge in [0.05, 0.1) is 24.7 Å². The number of hydrogen-bond acceptors (Lipinski definition) is 3. The van der Waals surface area contributed by atoms with Crippen molar-refractivity contribution in [3.05, 3.63) is 59.9 Å². The van der Waals surface area contributed by atoms with Crippen LogP contribution in [0.3, 0.4) is 0 Å². The Morgan fingerprint density at radius 2 is 1.67 bits per heavy atom. The monoisotopic (exact) mass is 407 g/mol. The summed E-state index contributed by atoms with van der Waals surface area (Å²) in [4.78, 5) is 17.3. The fourth-order valence-corrected chi connectivity index (χ4v) is 3.74. The molecule has 0 spiro atoms. The van der Waals surface area contributed by atoms with E-state index < -0.39 is 0 Å². The lowest BCUT2D eigenvalue weighted by atomic mass is 10.1. The van der Waals surface area contributed by atoms with E-state index >= 15 is 0 Å². The van der Waals surface area contributed by atoms with Crippen LogP contribution in [0.1, 0.15) is 68.1 Å². The third-order valence-electron chi connectivity index (χ3n) is 5.48. The van der Waals surface area contributed by atoms with Crippen molar-refractivity contribution < 1.29 is 9.53 Å². The number of ether oxygens (including phenoxy) is 1. The molecule has 2 aromatic carbocycles. The molecule has 0 bridgehead atoms. The van der Waals surface area contributed by atoms with Gasteiger partial charge in [-0.25, -0.2) is 4.98 Å². The zero-order chi connectivity index (χ0) is 21.2. The van der Waals surface area contributed by atoms with Crippen molar-refractivity contribution in [1.29, 1.82) is 0 Å². The van der Waals surface area contributed by atoms with Crippen molar-refractivity contribution in [3.8, 4) is 5.75 Å². The smallest absolute Gasteiger partial charge is 0.251 e. The number of unbranched alkanes of at least 4 members (excludes halogenated alkanes) is 6. The normalized spacial score (nSPS) is 11.0. The molecule has 1 amide bonds. The number of rotatable bonds is 12. The molecular weight excluding hydrogens is 374 g/mol. The van der Waals surface area contributed by atoms with Gasteiger partial charge >= 0.3 is 0 Å². The van der Waals surface area contributed by atoms with Crippen LogP contribution in [0.2, 0.25) is 0 Å². The van der Waals surface area contributed by atoms with Crippen molar-refractivity contribution in [2.45, 2.75) is 65.0 Å². The Hall–Kier alpha value is -2.82. The molecule has 0 atom stereocenters. The Morgan fingerprint density at radius 3 is 2.40 bits per heavy atom. The van der Waals surface area contributed by atoms with E-state index in [1.165, 1.54) is 38.5 Å². The fourth-order valence-electron chi connectivity index (χ4n) is 3.74. The summed E-state index contributed by atoms with van der Waals surface area (Å²) in [7, 11) is 1.62. The third kappa shape index (κ3) is 5.85. The molecule has 5 heteroatoms. The molecule has 160 valence electrons. The zero-order valence-corrected chi connectivity index (χ0v) is 18.2. The van der Waals surface area contributed by atoms with E-state index in [0.29, 0.717) is 12.1 Å². The van der Waals surface area contributed by atoms with E-state index in [4.69, 9.17) is 9.72 Å². The van der Waals surface area contributed by atoms with E-state index in [0.717, 1.165) is 35.6 Å². The molecule has 0 aliphatic rings. The molecule has 1 N–H and O–H groups in total. The molecule has 0 radical (unpaired) electrons. The van der Waals surface area contributed by atoms with Crippen LogP contribution in [-0.4, -0.2) is 22.6 Å². The predicted octanol–water partition coefficient (Wildman–Crippen LogP) is 5.73. The number of aromatic nitrogens is 2. The van der Waals surface area contributed by atoms with E-state index in [-0.39, 0.29) is 5.91 Å². The Morgan fingerprint density at radius 1 is 0.967 bits per heavy atom. The van der Waals surface area contributed by atoms with E-state index in [9.17, 15) is 4.79 Å². The van der Waals surface area contributed by atoms with Crippen LogP contribution < -0.4 is 10.1 Å². The second-order valence-electron chi connectivity index (χ2n) is 7.70. The second-order valence-corrected chi connectivity index (χ2v) is 7.70. The largest absolute Gasteiger partial charge is 0.497 e. The summed E-state index contributed by atoms with van der Waals surface area (Å²) in [6, 6.07) is 15.3. The summed E-state index contributed by atoms with van der Waals surface area (Å²) in [5, 5.41) is 3.02. The molecule has 0 saturated carbocycles. The van der Waals surface area contributed by atoms with Gasteiger partial charge in [0.25, 0.3) is 5.91 Å². The summed E-state index contributed by atoms with van der Waals surface area (Å²) in [6.45, 7) is 3.59. The lowest BCUT2D eigenvalue weighted by Gasteiger charge is -2.11. The number of amides is 1.